The molecule has 0 atom stereocenters. The smallest absolute Gasteiger partial charge is 0.206 e. The Hall–Kier alpha value is -1.70. The van der Waals surface area contributed by atoms with Crippen LogP contribution in [0, 0.1) is 15.2 Å². The lowest BCUT2D eigenvalue weighted by molar-refractivity contribution is 0.505. The summed E-state index contributed by atoms with van der Waals surface area (Å²) < 4.78 is 29.6. The standard InChI is InChI=1S/C13H8F2IN3/c14-8-2-1-3-11(12(8)15)19-10-5-4-7(16)6-9(10)18-13(19)17/h1-6H,(H2,17,18). The van der Waals surface area contributed by atoms with E-state index >= 15 is 0 Å². The minimum absolute atomic E-state index is 0.0567. The third-order valence-corrected chi connectivity index (χ3v) is 3.49. The van der Waals surface area contributed by atoms with Crippen LogP contribution in [0.5, 0.6) is 0 Å². The summed E-state index contributed by atoms with van der Waals surface area (Å²) in [6.07, 6.45) is 0. The van der Waals surface area contributed by atoms with Gasteiger partial charge in [0.2, 0.25) is 5.95 Å². The molecule has 3 nitrogen and oxygen atoms in total. The van der Waals surface area contributed by atoms with E-state index in [1.807, 2.05) is 12.1 Å². The first-order valence-corrected chi connectivity index (χ1v) is 6.53. The molecule has 96 valence electrons. The number of hydrogen-bond acceptors (Lipinski definition) is 2. The van der Waals surface area contributed by atoms with Crippen molar-refractivity contribution in [3.63, 3.8) is 0 Å². The normalized spacial score (nSPS) is 11.1. The summed E-state index contributed by atoms with van der Waals surface area (Å²) in [5.74, 6) is -1.72. The van der Waals surface area contributed by atoms with Crippen molar-refractivity contribution in [2.45, 2.75) is 0 Å². The van der Waals surface area contributed by atoms with E-state index in [4.69, 9.17) is 5.73 Å². The van der Waals surface area contributed by atoms with Gasteiger partial charge in [0.15, 0.2) is 11.6 Å². The SMILES string of the molecule is Nc1nc2cc(I)ccc2n1-c1cccc(F)c1F. The zero-order valence-electron chi connectivity index (χ0n) is 9.57. The lowest BCUT2D eigenvalue weighted by atomic mass is 10.2. The fourth-order valence-electron chi connectivity index (χ4n) is 1.99. The fourth-order valence-corrected chi connectivity index (χ4v) is 2.47. The van der Waals surface area contributed by atoms with Crippen LogP contribution >= 0.6 is 22.6 Å². The van der Waals surface area contributed by atoms with E-state index in [0.717, 1.165) is 9.64 Å². The van der Waals surface area contributed by atoms with Gasteiger partial charge in [0.25, 0.3) is 0 Å². The molecule has 3 rings (SSSR count). The van der Waals surface area contributed by atoms with Gasteiger partial charge in [-0.3, -0.25) is 4.57 Å². The molecule has 6 heteroatoms. The number of halogens is 3. The summed E-state index contributed by atoms with van der Waals surface area (Å²) in [6.45, 7) is 0. The third kappa shape index (κ3) is 1.95. The lowest BCUT2D eigenvalue weighted by Crippen LogP contribution is -2.04. The van der Waals surface area contributed by atoms with Crippen LogP contribution in [0.2, 0.25) is 0 Å². The molecule has 3 aromatic rings. The number of imidazole rings is 1. The molecule has 0 bridgehead atoms. The molecule has 19 heavy (non-hydrogen) atoms. The van der Waals surface area contributed by atoms with Crippen LogP contribution in [0.1, 0.15) is 0 Å². The summed E-state index contributed by atoms with van der Waals surface area (Å²) in [4.78, 5) is 4.17. The van der Waals surface area contributed by atoms with Crippen LogP contribution in [0.4, 0.5) is 14.7 Å². The Bertz CT molecular complexity index is 783. The molecule has 0 aliphatic rings. The van der Waals surface area contributed by atoms with Crippen molar-refractivity contribution in [2.24, 2.45) is 0 Å². The Kier molecular flexibility index (Phi) is 2.89. The van der Waals surface area contributed by atoms with Gasteiger partial charge in [0.1, 0.15) is 0 Å². The summed E-state index contributed by atoms with van der Waals surface area (Å²) in [6, 6.07) is 9.44. The van der Waals surface area contributed by atoms with Crippen molar-refractivity contribution in [2.75, 3.05) is 5.73 Å². The molecule has 0 amide bonds. The topological polar surface area (TPSA) is 43.8 Å². The minimum atomic E-state index is -0.938. The fraction of sp³-hybridized carbons (Fsp3) is 0. The van der Waals surface area contributed by atoms with Gasteiger partial charge >= 0.3 is 0 Å². The number of anilines is 1. The van der Waals surface area contributed by atoms with E-state index in [2.05, 4.69) is 27.6 Å². The highest BCUT2D eigenvalue weighted by atomic mass is 127. The van der Waals surface area contributed by atoms with Gasteiger partial charge in [0.05, 0.1) is 16.7 Å². The second-order valence-corrected chi connectivity index (χ2v) is 5.26. The van der Waals surface area contributed by atoms with Crippen LogP contribution in [-0.4, -0.2) is 9.55 Å². The Morgan fingerprint density at radius 1 is 1.16 bits per heavy atom. The van der Waals surface area contributed by atoms with Gasteiger partial charge in [0, 0.05) is 3.57 Å². The van der Waals surface area contributed by atoms with Gasteiger partial charge in [-0.1, -0.05) is 6.07 Å². The molecule has 0 saturated carbocycles. The summed E-state index contributed by atoms with van der Waals surface area (Å²) in [5.41, 5.74) is 7.16. The van der Waals surface area contributed by atoms with Crippen molar-refractivity contribution in [3.8, 4) is 5.69 Å². The molecule has 2 aromatic carbocycles. The maximum Gasteiger partial charge on any atom is 0.206 e. The van der Waals surface area contributed by atoms with E-state index in [0.29, 0.717) is 11.0 Å². The molecular weight excluding hydrogens is 363 g/mol. The van der Waals surface area contributed by atoms with Crippen LogP contribution in [0.25, 0.3) is 16.7 Å². The van der Waals surface area contributed by atoms with E-state index in [1.165, 1.54) is 16.7 Å². The first-order valence-electron chi connectivity index (χ1n) is 5.46. The number of nitrogen functional groups attached to an aromatic ring is 1. The van der Waals surface area contributed by atoms with E-state index in [9.17, 15) is 8.78 Å². The highest BCUT2D eigenvalue weighted by molar-refractivity contribution is 14.1. The largest absolute Gasteiger partial charge is 0.369 e. The predicted octanol–water partition coefficient (Wildman–Crippen LogP) is 3.49. The molecule has 0 aliphatic carbocycles. The van der Waals surface area contributed by atoms with E-state index in [-0.39, 0.29) is 11.6 Å². The minimum Gasteiger partial charge on any atom is -0.369 e. The van der Waals surface area contributed by atoms with Gasteiger partial charge in [-0.25, -0.2) is 13.8 Å². The maximum absolute atomic E-state index is 13.9. The summed E-state index contributed by atoms with van der Waals surface area (Å²) >= 11 is 2.15. The third-order valence-electron chi connectivity index (χ3n) is 2.81. The number of aromatic nitrogens is 2. The van der Waals surface area contributed by atoms with Gasteiger partial charge in [-0.05, 0) is 52.9 Å². The number of fused-ring (bicyclic) bond motifs is 1. The van der Waals surface area contributed by atoms with Gasteiger partial charge in [-0.2, -0.15) is 0 Å². The van der Waals surface area contributed by atoms with Gasteiger partial charge < -0.3 is 5.73 Å². The lowest BCUT2D eigenvalue weighted by Gasteiger charge is -2.08. The number of nitrogens with zero attached hydrogens (tertiary/aromatic N) is 2. The Morgan fingerprint density at radius 3 is 2.74 bits per heavy atom. The second-order valence-electron chi connectivity index (χ2n) is 4.01. The second kappa shape index (κ2) is 4.44. The number of rotatable bonds is 1. The molecule has 0 saturated heterocycles. The molecule has 0 unspecified atom stereocenters. The van der Waals surface area contributed by atoms with Crippen LogP contribution in [-0.2, 0) is 0 Å². The first-order chi connectivity index (χ1) is 9.08. The molecule has 0 spiro atoms. The van der Waals surface area contributed by atoms with E-state index < -0.39 is 11.6 Å². The zero-order chi connectivity index (χ0) is 13.6. The van der Waals surface area contributed by atoms with Gasteiger partial charge in [-0.15, -0.1) is 0 Å². The van der Waals surface area contributed by atoms with Crippen LogP contribution in [0.3, 0.4) is 0 Å². The predicted molar refractivity (Wildman–Crippen MR) is 78.1 cm³/mol. The highest BCUT2D eigenvalue weighted by Gasteiger charge is 2.15. The number of nitrogens with two attached hydrogens (primary N) is 1. The average Bonchev–Trinajstić information content (AvgIpc) is 2.68. The quantitative estimate of drug-likeness (QED) is 0.666. The highest BCUT2D eigenvalue weighted by Crippen LogP contribution is 2.26. The van der Waals surface area contributed by atoms with Crippen LogP contribution < -0.4 is 5.73 Å². The molecule has 0 aliphatic heterocycles. The molecular formula is C13H8F2IN3. The Morgan fingerprint density at radius 2 is 1.95 bits per heavy atom. The molecule has 0 fully saturated rings. The van der Waals surface area contributed by atoms with Crippen molar-refractivity contribution in [1.29, 1.82) is 0 Å². The van der Waals surface area contributed by atoms with Crippen molar-refractivity contribution in [3.05, 3.63) is 51.6 Å². The van der Waals surface area contributed by atoms with Crippen LogP contribution in [0.15, 0.2) is 36.4 Å². The Labute approximate surface area is 121 Å². The maximum atomic E-state index is 13.9. The summed E-state index contributed by atoms with van der Waals surface area (Å²) in [7, 11) is 0. The average molecular weight is 371 g/mol. The van der Waals surface area contributed by atoms with Crippen molar-refractivity contribution < 1.29 is 8.78 Å². The van der Waals surface area contributed by atoms with E-state index in [1.54, 1.807) is 6.07 Å². The molecule has 1 aromatic heterocycles. The number of benzene rings is 2. The molecule has 0 radical (unpaired) electrons. The zero-order valence-corrected chi connectivity index (χ0v) is 11.7. The molecule has 1 heterocycles. The van der Waals surface area contributed by atoms with Crippen molar-refractivity contribution in [1.82, 2.24) is 9.55 Å². The monoisotopic (exact) mass is 371 g/mol. The molecule has 2 N–H and O–H groups in total. The first kappa shape index (κ1) is 12.3. The van der Waals surface area contributed by atoms with Crippen molar-refractivity contribution >= 4 is 39.6 Å². The Balaban J connectivity index is 2.36. The summed E-state index contributed by atoms with van der Waals surface area (Å²) in [5, 5.41) is 0. The number of hydrogen-bond donors (Lipinski definition) is 1.